The monoisotopic (exact) mass is 257 g/mol. The molecule has 1 aromatic heterocycles. The number of benzene rings is 1. The van der Waals surface area contributed by atoms with Gasteiger partial charge in [0.05, 0.1) is 12.8 Å². The number of aryl methyl sites for hydroxylation is 1. The van der Waals surface area contributed by atoms with E-state index in [-0.39, 0.29) is 0 Å². The Morgan fingerprint density at radius 3 is 2.95 bits per heavy atom. The first-order valence-electron chi connectivity index (χ1n) is 6.40. The Morgan fingerprint density at radius 2 is 2.16 bits per heavy atom. The number of nitrogens with one attached hydrogen (secondary N) is 1. The molecule has 0 aliphatic carbocycles. The first kappa shape index (κ1) is 13.5. The van der Waals surface area contributed by atoms with Crippen LogP contribution in [0.5, 0.6) is 5.75 Å². The summed E-state index contributed by atoms with van der Waals surface area (Å²) in [5.74, 6) is 1.72. The van der Waals surface area contributed by atoms with Gasteiger partial charge in [-0.15, -0.1) is 0 Å². The van der Waals surface area contributed by atoms with E-state index in [0.29, 0.717) is 0 Å². The molecule has 0 saturated carbocycles. The van der Waals surface area contributed by atoms with Gasteiger partial charge in [0, 0.05) is 12.7 Å². The van der Waals surface area contributed by atoms with Gasteiger partial charge in [-0.2, -0.15) is 0 Å². The summed E-state index contributed by atoms with van der Waals surface area (Å²) in [5, 5.41) is 3.38. The van der Waals surface area contributed by atoms with Crippen LogP contribution in [-0.4, -0.2) is 23.6 Å². The van der Waals surface area contributed by atoms with Crippen LogP contribution in [-0.2, 0) is 13.0 Å². The molecule has 0 spiro atoms. The standard InChI is InChI=1S/C15H19N3O/c1-12-17-9-7-14(18-12)11-16-8-6-13-4-3-5-15(10-13)19-2/h3-5,7,9-10,16H,6,8,11H2,1-2H3. The third kappa shape index (κ3) is 4.34. The van der Waals surface area contributed by atoms with Crippen LogP contribution >= 0.6 is 0 Å². The second-order valence-corrected chi connectivity index (χ2v) is 4.37. The molecule has 0 fully saturated rings. The highest BCUT2D eigenvalue weighted by molar-refractivity contribution is 5.28. The molecule has 0 aliphatic heterocycles. The van der Waals surface area contributed by atoms with Gasteiger partial charge in [0.25, 0.3) is 0 Å². The third-order valence-corrected chi connectivity index (χ3v) is 2.86. The number of nitrogens with zero attached hydrogens (tertiary/aromatic N) is 2. The number of rotatable bonds is 6. The van der Waals surface area contributed by atoms with Crippen molar-refractivity contribution in [2.24, 2.45) is 0 Å². The lowest BCUT2D eigenvalue weighted by atomic mass is 10.1. The van der Waals surface area contributed by atoms with E-state index in [2.05, 4.69) is 27.4 Å². The smallest absolute Gasteiger partial charge is 0.125 e. The summed E-state index contributed by atoms with van der Waals surface area (Å²) in [5.41, 5.74) is 2.30. The minimum Gasteiger partial charge on any atom is -0.497 e. The van der Waals surface area contributed by atoms with Crippen molar-refractivity contribution in [1.29, 1.82) is 0 Å². The van der Waals surface area contributed by atoms with Crippen molar-refractivity contribution in [1.82, 2.24) is 15.3 Å². The summed E-state index contributed by atoms with van der Waals surface area (Å²) in [4.78, 5) is 8.43. The highest BCUT2D eigenvalue weighted by atomic mass is 16.5. The van der Waals surface area contributed by atoms with Crippen LogP contribution in [0.1, 0.15) is 17.1 Å². The Bertz CT molecular complexity index is 528. The van der Waals surface area contributed by atoms with Crippen LogP contribution in [0.15, 0.2) is 36.5 Å². The van der Waals surface area contributed by atoms with E-state index in [4.69, 9.17) is 4.74 Å². The lowest BCUT2D eigenvalue weighted by Gasteiger charge is -2.06. The number of ether oxygens (including phenoxy) is 1. The van der Waals surface area contributed by atoms with Gasteiger partial charge in [-0.05, 0) is 43.7 Å². The molecular formula is C15H19N3O. The molecule has 4 nitrogen and oxygen atoms in total. The van der Waals surface area contributed by atoms with E-state index < -0.39 is 0 Å². The Hall–Kier alpha value is -1.94. The van der Waals surface area contributed by atoms with Gasteiger partial charge in [-0.3, -0.25) is 0 Å². The predicted octanol–water partition coefficient (Wildman–Crippen LogP) is 2.13. The van der Waals surface area contributed by atoms with Gasteiger partial charge >= 0.3 is 0 Å². The summed E-state index contributed by atoms with van der Waals surface area (Å²) < 4.78 is 5.21. The fourth-order valence-electron chi connectivity index (χ4n) is 1.88. The van der Waals surface area contributed by atoms with Crippen LogP contribution in [0.3, 0.4) is 0 Å². The summed E-state index contributed by atoms with van der Waals surface area (Å²) in [7, 11) is 1.69. The zero-order valence-electron chi connectivity index (χ0n) is 11.4. The first-order chi connectivity index (χ1) is 9.28. The first-order valence-corrected chi connectivity index (χ1v) is 6.40. The van der Waals surface area contributed by atoms with Crippen molar-refractivity contribution in [2.45, 2.75) is 19.9 Å². The SMILES string of the molecule is COc1cccc(CCNCc2ccnc(C)n2)c1. The topological polar surface area (TPSA) is 47.0 Å². The maximum Gasteiger partial charge on any atom is 0.125 e. The fourth-order valence-corrected chi connectivity index (χ4v) is 1.88. The molecule has 0 bridgehead atoms. The lowest BCUT2D eigenvalue weighted by molar-refractivity contribution is 0.414. The number of aromatic nitrogens is 2. The van der Waals surface area contributed by atoms with Crippen molar-refractivity contribution in [2.75, 3.05) is 13.7 Å². The van der Waals surface area contributed by atoms with Crippen molar-refractivity contribution < 1.29 is 4.74 Å². The molecule has 0 amide bonds. The Kier molecular flexibility index (Phi) is 4.86. The average molecular weight is 257 g/mol. The van der Waals surface area contributed by atoms with Crippen LogP contribution in [0, 0.1) is 6.92 Å². The average Bonchev–Trinajstić information content (AvgIpc) is 2.44. The fraction of sp³-hybridized carbons (Fsp3) is 0.333. The van der Waals surface area contributed by atoms with E-state index in [9.17, 15) is 0 Å². The molecule has 1 aromatic carbocycles. The quantitative estimate of drug-likeness (QED) is 0.805. The summed E-state index contributed by atoms with van der Waals surface area (Å²) in [6, 6.07) is 10.1. The number of hydrogen-bond acceptors (Lipinski definition) is 4. The summed E-state index contributed by atoms with van der Waals surface area (Å²) >= 11 is 0. The van der Waals surface area contributed by atoms with Crippen molar-refractivity contribution >= 4 is 0 Å². The molecule has 0 aliphatic rings. The van der Waals surface area contributed by atoms with Gasteiger partial charge in [0.1, 0.15) is 11.6 Å². The number of hydrogen-bond donors (Lipinski definition) is 1. The summed E-state index contributed by atoms with van der Waals surface area (Å²) in [6.07, 6.45) is 2.77. The van der Waals surface area contributed by atoms with Gasteiger partial charge < -0.3 is 10.1 Å². The normalized spacial score (nSPS) is 10.4. The molecule has 0 atom stereocenters. The van der Waals surface area contributed by atoms with E-state index >= 15 is 0 Å². The highest BCUT2D eigenvalue weighted by Gasteiger charge is 1.98. The van der Waals surface area contributed by atoms with Gasteiger partial charge in [-0.25, -0.2) is 9.97 Å². The number of methoxy groups -OCH3 is 1. The van der Waals surface area contributed by atoms with Crippen molar-refractivity contribution in [3.63, 3.8) is 0 Å². The van der Waals surface area contributed by atoms with Crippen LogP contribution < -0.4 is 10.1 Å². The van der Waals surface area contributed by atoms with Gasteiger partial charge in [0.15, 0.2) is 0 Å². The van der Waals surface area contributed by atoms with E-state index in [0.717, 1.165) is 36.8 Å². The van der Waals surface area contributed by atoms with Gasteiger partial charge in [-0.1, -0.05) is 12.1 Å². The largest absolute Gasteiger partial charge is 0.497 e. The van der Waals surface area contributed by atoms with E-state index in [1.165, 1.54) is 5.56 Å². The van der Waals surface area contributed by atoms with E-state index in [1.807, 2.05) is 25.1 Å². The molecule has 0 saturated heterocycles. The molecule has 1 N–H and O–H groups in total. The molecule has 4 heteroatoms. The zero-order valence-corrected chi connectivity index (χ0v) is 11.4. The third-order valence-electron chi connectivity index (χ3n) is 2.86. The zero-order chi connectivity index (χ0) is 13.5. The molecule has 2 rings (SSSR count). The molecule has 2 aromatic rings. The maximum atomic E-state index is 5.21. The van der Waals surface area contributed by atoms with Crippen LogP contribution in [0.25, 0.3) is 0 Å². The molecule has 0 radical (unpaired) electrons. The molecule has 19 heavy (non-hydrogen) atoms. The van der Waals surface area contributed by atoms with Crippen molar-refractivity contribution in [3.05, 3.63) is 53.6 Å². The minimum absolute atomic E-state index is 0.771. The Morgan fingerprint density at radius 1 is 1.26 bits per heavy atom. The predicted molar refractivity (Wildman–Crippen MR) is 75.2 cm³/mol. The highest BCUT2D eigenvalue weighted by Crippen LogP contribution is 2.12. The van der Waals surface area contributed by atoms with Gasteiger partial charge in [0.2, 0.25) is 0 Å². The molecular weight excluding hydrogens is 238 g/mol. The molecule has 100 valence electrons. The molecule has 0 unspecified atom stereocenters. The Balaban J connectivity index is 1.77. The molecule has 1 heterocycles. The Labute approximate surface area is 113 Å². The second kappa shape index (κ2) is 6.85. The maximum absolute atomic E-state index is 5.21. The van der Waals surface area contributed by atoms with Crippen molar-refractivity contribution in [3.8, 4) is 5.75 Å². The van der Waals surface area contributed by atoms with Crippen LogP contribution in [0.2, 0.25) is 0 Å². The minimum atomic E-state index is 0.771. The van der Waals surface area contributed by atoms with E-state index in [1.54, 1.807) is 13.3 Å². The van der Waals surface area contributed by atoms with Crippen LogP contribution in [0.4, 0.5) is 0 Å². The summed E-state index contributed by atoms with van der Waals surface area (Å²) in [6.45, 7) is 3.59. The second-order valence-electron chi connectivity index (χ2n) is 4.37. The lowest BCUT2D eigenvalue weighted by Crippen LogP contribution is -2.17.